The number of para-hydroxylation sites is 1. The predicted molar refractivity (Wildman–Crippen MR) is 204 cm³/mol. The van der Waals surface area contributed by atoms with Crippen LogP contribution in [0.2, 0.25) is 0 Å². The van der Waals surface area contributed by atoms with E-state index in [-0.39, 0.29) is 47.8 Å². The summed E-state index contributed by atoms with van der Waals surface area (Å²) in [4.78, 5) is 8.73. The van der Waals surface area contributed by atoms with Crippen LogP contribution in [0.3, 0.4) is 0 Å². The Hall–Kier alpha value is -4.37. The number of pyridine rings is 2. The Morgan fingerprint density at radius 2 is 1.52 bits per heavy atom. The molecule has 50 heavy (non-hydrogen) atoms. The second-order valence-corrected chi connectivity index (χ2v) is 13.2. The van der Waals surface area contributed by atoms with Crippen molar-refractivity contribution in [1.29, 1.82) is 0 Å². The molecule has 0 atom stereocenters. The zero-order chi connectivity index (χ0) is 45.0. The zero-order valence-corrected chi connectivity index (χ0v) is 30.2. The molecule has 1 aliphatic carbocycles. The summed E-state index contributed by atoms with van der Waals surface area (Å²) in [6.07, 6.45) is 5.44. The van der Waals surface area contributed by atoms with Gasteiger partial charge >= 0.3 is 0 Å². The van der Waals surface area contributed by atoms with Crippen molar-refractivity contribution in [3.63, 3.8) is 0 Å². The van der Waals surface area contributed by atoms with Crippen LogP contribution in [0.1, 0.15) is 91.1 Å². The van der Waals surface area contributed by atoms with Crippen molar-refractivity contribution < 1.29 is 42.3 Å². The summed E-state index contributed by atoms with van der Waals surface area (Å²) in [7, 11) is 0. The fourth-order valence-electron chi connectivity index (χ4n) is 6.39. The first-order chi connectivity index (χ1) is 28.9. The third kappa shape index (κ3) is 7.38. The number of rotatable bonds is 4. The van der Waals surface area contributed by atoms with Gasteiger partial charge in [-0.15, -0.1) is 53.1 Å². The van der Waals surface area contributed by atoms with E-state index in [0.717, 1.165) is 18.4 Å². The standard InChI is InChI=1S/C27H28NO.C19H16N.Ir/c1-17-9-10-20(26-25(17)21-7-5-6-8-24(21)29-26)23-15-22(18(2)16-28-23)19-11-13-27(3,4)14-12-19;1-14-8-10-17(11-9-14)19-12-18(15(2)13-20-19)16-6-4-3-5-7-16;/h5-9,15-16,19H,11-14H2,1-4H3;3-10,12-13H,1-2H3;/q2*-1;/i1D3,2D3,19D;1D3,2D3;. The summed E-state index contributed by atoms with van der Waals surface area (Å²) in [6, 6.07) is 31.9. The molecule has 1 aliphatic rings. The molecule has 0 amide bonds. The van der Waals surface area contributed by atoms with Gasteiger partial charge in [-0.3, -0.25) is 0 Å². The summed E-state index contributed by atoms with van der Waals surface area (Å²) >= 11 is 0. The fourth-order valence-corrected chi connectivity index (χ4v) is 6.39. The van der Waals surface area contributed by atoms with E-state index < -0.39 is 33.3 Å². The van der Waals surface area contributed by atoms with Crippen LogP contribution in [0.15, 0.2) is 108 Å². The van der Waals surface area contributed by atoms with E-state index in [4.69, 9.17) is 20.9 Å². The van der Waals surface area contributed by atoms with E-state index >= 15 is 0 Å². The third-order valence-corrected chi connectivity index (χ3v) is 9.28. The van der Waals surface area contributed by atoms with Gasteiger partial charge in [0.2, 0.25) is 0 Å². The molecule has 0 unspecified atom stereocenters. The Morgan fingerprint density at radius 3 is 2.26 bits per heavy atom. The van der Waals surface area contributed by atoms with Crippen molar-refractivity contribution in [2.45, 2.75) is 72.8 Å². The molecule has 8 rings (SSSR count). The number of furan rings is 1. The average molecular weight is 846 g/mol. The molecule has 0 spiro atoms. The maximum atomic E-state index is 9.30. The van der Waals surface area contributed by atoms with E-state index in [2.05, 4.69) is 35.9 Å². The number of aromatic nitrogens is 2. The molecular formula is C46H44IrN2O-2. The van der Waals surface area contributed by atoms with Gasteiger partial charge in [-0.05, 0) is 96.0 Å². The molecule has 3 heterocycles. The van der Waals surface area contributed by atoms with E-state index in [1.165, 1.54) is 30.6 Å². The van der Waals surface area contributed by atoms with E-state index in [1.807, 2.05) is 48.5 Å². The van der Waals surface area contributed by atoms with Crippen molar-refractivity contribution >= 4 is 21.9 Å². The third-order valence-electron chi connectivity index (χ3n) is 9.28. The Kier molecular flexibility index (Phi) is 6.67. The quantitative estimate of drug-likeness (QED) is 0.166. The van der Waals surface area contributed by atoms with Gasteiger partial charge in [-0.1, -0.05) is 99.2 Å². The van der Waals surface area contributed by atoms with Gasteiger partial charge in [0.1, 0.15) is 5.58 Å². The summed E-state index contributed by atoms with van der Waals surface area (Å²) in [5.74, 6) is -1.05. The van der Waals surface area contributed by atoms with Gasteiger partial charge in [0.15, 0.2) is 0 Å². The van der Waals surface area contributed by atoms with Gasteiger partial charge in [0.25, 0.3) is 0 Å². The smallest absolute Gasteiger partial charge is 0.120 e. The topological polar surface area (TPSA) is 38.9 Å². The number of hydrogen-bond acceptors (Lipinski definition) is 3. The molecular weight excluding hydrogens is 789 g/mol. The van der Waals surface area contributed by atoms with Crippen LogP contribution in [0.5, 0.6) is 0 Å². The zero-order valence-electron chi connectivity index (χ0n) is 40.8. The molecule has 7 aromatic rings. The Balaban J connectivity index is 0.000000217. The summed E-state index contributed by atoms with van der Waals surface area (Å²) in [5, 5.41) is 1.15. The largest absolute Gasteiger partial charge is 0.501 e. The average Bonchev–Trinajstić information content (AvgIpc) is 3.60. The number of nitrogens with zero attached hydrogens (tertiary/aromatic N) is 2. The first kappa shape index (κ1) is 22.4. The minimum Gasteiger partial charge on any atom is -0.501 e. The molecule has 0 aliphatic heterocycles. The Bertz CT molecular complexity index is 2730. The molecule has 255 valence electrons. The van der Waals surface area contributed by atoms with Crippen molar-refractivity contribution in [2.24, 2.45) is 5.41 Å². The molecule has 4 heteroatoms. The fraction of sp³-hybridized carbons (Fsp3) is 0.261. The summed E-state index contributed by atoms with van der Waals surface area (Å²) in [6.45, 7) is -4.91. The van der Waals surface area contributed by atoms with Gasteiger partial charge in [-0.25, -0.2) is 0 Å². The van der Waals surface area contributed by atoms with Crippen LogP contribution in [0.4, 0.5) is 0 Å². The van der Waals surface area contributed by atoms with E-state index in [0.29, 0.717) is 68.4 Å². The molecule has 0 saturated heterocycles. The maximum absolute atomic E-state index is 9.30. The van der Waals surface area contributed by atoms with Gasteiger partial charge < -0.3 is 14.4 Å². The van der Waals surface area contributed by atoms with Crippen LogP contribution in [-0.4, -0.2) is 9.97 Å². The van der Waals surface area contributed by atoms with Crippen molar-refractivity contribution in [2.75, 3.05) is 0 Å². The van der Waals surface area contributed by atoms with Gasteiger partial charge in [0.05, 0.1) is 5.58 Å². The SMILES string of the molecule is [2H]C([2H])([2H])c1c[c-]c(-c2cc(-c3ccccc3)c(C([2H])([2H])[2H])cn2)cc1.[2H]C([2H])([2H])c1cnc(-c2[c-]cc(C([2H])([2H])[2H])c3c2oc2ccccc23)cc1C1([2H])CCC(C)(C)CC1.[Ir]. The number of hydrogen-bond donors (Lipinski definition) is 0. The van der Waals surface area contributed by atoms with Gasteiger partial charge in [-0.2, -0.15) is 0 Å². The Morgan fingerprint density at radius 1 is 0.780 bits per heavy atom. The minimum absolute atomic E-state index is 0. The van der Waals surface area contributed by atoms with E-state index in [1.54, 1.807) is 24.3 Å². The molecule has 0 bridgehead atoms. The molecule has 1 fully saturated rings. The summed E-state index contributed by atoms with van der Waals surface area (Å²) < 4.78 is 109. The van der Waals surface area contributed by atoms with Crippen LogP contribution in [0.25, 0.3) is 55.6 Å². The molecule has 0 N–H and O–H groups in total. The first-order valence-electron chi connectivity index (χ1n) is 22.8. The maximum Gasteiger partial charge on any atom is 0.120 e. The number of fused-ring (bicyclic) bond motifs is 3. The first-order valence-corrected chi connectivity index (χ1v) is 16.3. The monoisotopic (exact) mass is 846 g/mol. The normalized spacial score (nSPS) is 19.7. The molecule has 3 nitrogen and oxygen atoms in total. The second-order valence-electron chi connectivity index (χ2n) is 13.2. The number of aryl methyl sites for hydroxylation is 4. The minimum atomic E-state index is -2.41. The summed E-state index contributed by atoms with van der Waals surface area (Å²) in [5.41, 5.74) is 5.39. The van der Waals surface area contributed by atoms with Crippen molar-refractivity contribution in [1.82, 2.24) is 9.97 Å². The van der Waals surface area contributed by atoms with E-state index in [9.17, 15) is 1.37 Å². The van der Waals surface area contributed by atoms with Crippen molar-refractivity contribution in [3.05, 3.63) is 143 Å². The molecule has 3 aromatic heterocycles. The predicted octanol–water partition coefficient (Wildman–Crippen LogP) is 12.6. The van der Waals surface area contributed by atoms with Crippen LogP contribution < -0.4 is 0 Å². The molecule has 4 aromatic carbocycles. The second kappa shape index (κ2) is 14.9. The van der Waals surface area contributed by atoms with Crippen molar-refractivity contribution in [3.8, 4) is 33.6 Å². The molecule has 1 saturated carbocycles. The van der Waals surface area contributed by atoms with Gasteiger partial charge in [0, 0.05) is 55.7 Å². The number of benzene rings is 4. The van der Waals surface area contributed by atoms with Crippen LogP contribution in [-0.2, 0) is 20.1 Å². The Labute approximate surface area is 328 Å². The molecule has 1 radical (unpaired) electrons. The van der Waals surface area contributed by atoms with Crippen LogP contribution in [0, 0.1) is 45.0 Å². The van der Waals surface area contributed by atoms with Crippen LogP contribution >= 0.6 is 0 Å².